The fraction of sp³-hybridized carbons (Fsp3) is 0.409. The average molecular weight is 417 g/mol. The number of quaternary nitrogens is 1. The molecule has 0 radical (unpaired) electrons. The molecule has 0 bridgehead atoms. The summed E-state index contributed by atoms with van der Waals surface area (Å²) in [5.74, 6) is 0.0388. The fourth-order valence-corrected chi connectivity index (χ4v) is 5.63. The first kappa shape index (κ1) is 21.5. The normalized spacial score (nSPS) is 17.1. The smallest absolute Gasteiger partial charge is 0.285 e. The number of likely N-dealkylation sites (N-methyl/N-ethyl adjacent to an activating group) is 1. The number of amides is 1. The predicted molar refractivity (Wildman–Crippen MR) is 113 cm³/mol. The lowest BCUT2D eigenvalue weighted by Crippen LogP contribution is -3.16. The van der Waals surface area contributed by atoms with Crippen LogP contribution in [0.25, 0.3) is 0 Å². The number of sulfonamides is 1. The van der Waals surface area contributed by atoms with E-state index >= 15 is 0 Å². The Morgan fingerprint density at radius 3 is 2.21 bits per heavy atom. The van der Waals surface area contributed by atoms with Gasteiger partial charge in [0, 0.05) is 19.7 Å². The van der Waals surface area contributed by atoms with E-state index in [4.69, 9.17) is 0 Å². The van der Waals surface area contributed by atoms with E-state index in [1.54, 1.807) is 29.4 Å². The van der Waals surface area contributed by atoms with Gasteiger partial charge in [0.2, 0.25) is 10.0 Å². The molecule has 1 N–H and O–H groups in total. The van der Waals surface area contributed by atoms with E-state index in [1.165, 1.54) is 0 Å². The summed E-state index contributed by atoms with van der Waals surface area (Å²) in [4.78, 5) is 16.0. The van der Waals surface area contributed by atoms with Crippen molar-refractivity contribution in [3.05, 3.63) is 65.2 Å². The van der Waals surface area contributed by atoms with Crippen LogP contribution in [0, 0.1) is 13.8 Å². The van der Waals surface area contributed by atoms with Crippen molar-refractivity contribution in [3.8, 4) is 0 Å². The zero-order valence-electron chi connectivity index (χ0n) is 17.6. The second-order valence-electron chi connectivity index (χ2n) is 7.91. The Balaban J connectivity index is 1.80. The van der Waals surface area contributed by atoms with Crippen molar-refractivity contribution in [1.29, 1.82) is 0 Å². The Morgan fingerprint density at radius 1 is 1.03 bits per heavy atom. The number of benzene rings is 2. The largest absolute Gasteiger partial charge is 0.343 e. The van der Waals surface area contributed by atoms with Crippen LogP contribution in [0.4, 0.5) is 0 Å². The Labute approximate surface area is 173 Å². The van der Waals surface area contributed by atoms with Gasteiger partial charge in [-0.3, -0.25) is 4.79 Å². The van der Waals surface area contributed by atoms with Crippen molar-refractivity contribution in [1.82, 2.24) is 9.21 Å². The maximum Gasteiger partial charge on any atom is 0.285 e. The molecule has 3 rings (SSSR count). The van der Waals surface area contributed by atoms with Gasteiger partial charge in [0.05, 0.1) is 31.1 Å². The van der Waals surface area contributed by atoms with E-state index in [9.17, 15) is 13.2 Å². The van der Waals surface area contributed by atoms with Crippen LogP contribution in [0.15, 0.2) is 53.4 Å². The standard InChI is InChI=1S/C22H29N3O3S/c1-17-10-11-20(18(2)16-17)29(27,28)25-14-12-24(13-15-25)21(22(26)23(3)4)19-8-6-5-7-9-19/h5-11,16,21H,12-15H2,1-4H3/p+1/t21-/m1/s1. The molecule has 2 aromatic carbocycles. The lowest BCUT2D eigenvalue weighted by molar-refractivity contribution is -0.925. The molecule has 0 saturated carbocycles. The monoisotopic (exact) mass is 416 g/mol. The second kappa shape index (κ2) is 8.65. The van der Waals surface area contributed by atoms with Gasteiger partial charge in [0.15, 0.2) is 6.04 Å². The maximum atomic E-state index is 13.1. The summed E-state index contributed by atoms with van der Waals surface area (Å²) in [5.41, 5.74) is 2.78. The minimum absolute atomic E-state index is 0.0388. The van der Waals surface area contributed by atoms with Crippen LogP contribution >= 0.6 is 0 Å². The summed E-state index contributed by atoms with van der Waals surface area (Å²) in [7, 11) is -0.0102. The zero-order valence-corrected chi connectivity index (χ0v) is 18.4. The molecule has 1 fully saturated rings. The highest BCUT2D eigenvalue weighted by atomic mass is 32.2. The van der Waals surface area contributed by atoms with Crippen molar-refractivity contribution in [3.63, 3.8) is 0 Å². The summed E-state index contributed by atoms with van der Waals surface area (Å²) in [6.07, 6.45) is 0. The molecule has 7 heteroatoms. The molecule has 0 spiro atoms. The van der Waals surface area contributed by atoms with Crippen molar-refractivity contribution in [2.24, 2.45) is 0 Å². The molecule has 29 heavy (non-hydrogen) atoms. The van der Waals surface area contributed by atoms with Gasteiger partial charge in [-0.15, -0.1) is 0 Å². The number of rotatable bonds is 5. The topological polar surface area (TPSA) is 62.1 Å². The number of aryl methyl sites for hydroxylation is 2. The molecule has 1 atom stereocenters. The molecule has 1 heterocycles. The molecule has 156 valence electrons. The Kier molecular flexibility index (Phi) is 6.41. The van der Waals surface area contributed by atoms with Gasteiger partial charge in [-0.2, -0.15) is 4.31 Å². The Hall–Kier alpha value is -2.22. The van der Waals surface area contributed by atoms with E-state index in [0.29, 0.717) is 31.1 Å². The first-order chi connectivity index (χ1) is 13.7. The quantitative estimate of drug-likeness (QED) is 0.792. The lowest BCUT2D eigenvalue weighted by Gasteiger charge is -2.36. The van der Waals surface area contributed by atoms with Crippen molar-refractivity contribution < 1.29 is 18.1 Å². The van der Waals surface area contributed by atoms with Crippen LogP contribution < -0.4 is 4.90 Å². The van der Waals surface area contributed by atoms with Crippen molar-refractivity contribution in [2.45, 2.75) is 24.8 Å². The third-order valence-corrected chi connectivity index (χ3v) is 7.60. The molecule has 0 aromatic heterocycles. The number of hydrogen-bond donors (Lipinski definition) is 1. The van der Waals surface area contributed by atoms with Gasteiger partial charge in [-0.25, -0.2) is 8.42 Å². The van der Waals surface area contributed by atoms with Crippen LogP contribution in [-0.4, -0.2) is 63.8 Å². The van der Waals surface area contributed by atoms with Gasteiger partial charge in [-0.1, -0.05) is 48.0 Å². The molecule has 0 aliphatic carbocycles. The highest BCUT2D eigenvalue weighted by Crippen LogP contribution is 2.21. The third-order valence-electron chi connectivity index (χ3n) is 5.54. The average Bonchev–Trinajstić information content (AvgIpc) is 2.69. The molecule has 6 nitrogen and oxygen atoms in total. The highest BCUT2D eigenvalue weighted by Gasteiger charge is 2.38. The number of nitrogens with one attached hydrogen (secondary N) is 1. The minimum Gasteiger partial charge on any atom is -0.343 e. The molecule has 2 aromatic rings. The van der Waals surface area contributed by atoms with Gasteiger partial charge in [0.1, 0.15) is 0 Å². The van der Waals surface area contributed by atoms with Gasteiger partial charge < -0.3 is 9.80 Å². The molecule has 1 saturated heterocycles. The Morgan fingerprint density at radius 2 is 1.66 bits per heavy atom. The minimum atomic E-state index is -3.54. The van der Waals surface area contributed by atoms with E-state index in [0.717, 1.165) is 21.6 Å². The summed E-state index contributed by atoms with van der Waals surface area (Å²) in [5, 5.41) is 0. The van der Waals surface area contributed by atoms with E-state index in [2.05, 4.69) is 0 Å². The van der Waals surface area contributed by atoms with E-state index < -0.39 is 10.0 Å². The second-order valence-corrected chi connectivity index (χ2v) is 9.81. The van der Waals surface area contributed by atoms with E-state index in [-0.39, 0.29) is 11.9 Å². The number of carbonyl (C=O) groups is 1. The molecule has 0 unspecified atom stereocenters. The summed E-state index contributed by atoms with van der Waals surface area (Å²) >= 11 is 0. The van der Waals surface area contributed by atoms with Gasteiger partial charge in [-0.05, 0) is 25.5 Å². The number of nitrogens with zero attached hydrogens (tertiary/aromatic N) is 2. The molecular weight excluding hydrogens is 386 g/mol. The summed E-state index contributed by atoms with van der Waals surface area (Å²) in [6, 6.07) is 14.9. The first-order valence-electron chi connectivity index (χ1n) is 9.90. The van der Waals surface area contributed by atoms with Crippen LogP contribution in [0.2, 0.25) is 0 Å². The van der Waals surface area contributed by atoms with E-state index in [1.807, 2.05) is 56.3 Å². The van der Waals surface area contributed by atoms with Crippen molar-refractivity contribution >= 4 is 15.9 Å². The first-order valence-corrected chi connectivity index (χ1v) is 11.3. The maximum absolute atomic E-state index is 13.1. The van der Waals surface area contributed by atoms with Gasteiger partial charge >= 0.3 is 0 Å². The predicted octanol–water partition coefficient (Wildman–Crippen LogP) is 1.02. The van der Waals surface area contributed by atoms with Crippen LogP contribution in [-0.2, 0) is 14.8 Å². The van der Waals surface area contributed by atoms with Crippen LogP contribution in [0.5, 0.6) is 0 Å². The third kappa shape index (κ3) is 4.52. The summed E-state index contributed by atoms with van der Waals surface area (Å²) in [6.45, 7) is 5.76. The SMILES string of the molecule is Cc1ccc(S(=O)(=O)N2CC[NH+]([C@@H](C(=O)N(C)C)c3ccccc3)CC2)c(C)c1. The fourth-order valence-electron chi connectivity index (χ4n) is 3.99. The van der Waals surface area contributed by atoms with Gasteiger partial charge in [0.25, 0.3) is 5.91 Å². The molecular formula is C22H30N3O3S+. The molecule has 1 amide bonds. The number of carbonyl (C=O) groups excluding carboxylic acids is 1. The highest BCUT2D eigenvalue weighted by molar-refractivity contribution is 7.89. The molecule has 1 aliphatic heterocycles. The van der Waals surface area contributed by atoms with Crippen LogP contribution in [0.1, 0.15) is 22.7 Å². The number of hydrogen-bond acceptors (Lipinski definition) is 3. The lowest BCUT2D eigenvalue weighted by atomic mass is 10.0. The Bertz CT molecular complexity index is 966. The molecule has 1 aliphatic rings. The number of piperazine rings is 1. The van der Waals surface area contributed by atoms with Crippen LogP contribution in [0.3, 0.4) is 0 Å². The van der Waals surface area contributed by atoms with Crippen molar-refractivity contribution in [2.75, 3.05) is 40.3 Å². The summed E-state index contributed by atoms with van der Waals surface area (Å²) < 4.78 is 27.9. The zero-order chi connectivity index (χ0) is 21.2.